The molecule has 2 atom stereocenters. The lowest BCUT2D eigenvalue weighted by atomic mass is 10.1. The van der Waals surface area contributed by atoms with E-state index in [1.54, 1.807) is 13.0 Å². The molecule has 1 aromatic rings. The van der Waals surface area contributed by atoms with E-state index < -0.39 is 29.5 Å². The number of rotatable bonds is 5. The van der Waals surface area contributed by atoms with Gasteiger partial charge in [-0.3, -0.25) is 4.79 Å². The van der Waals surface area contributed by atoms with Gasteiger partial charge in [-0.1, -0.05) is 19.9 Å². The maximum atomic E-state index is 14.1. The Morgan fingerprint density at radius 2 is 1.70 bits per heavy atom. The Bertz CT molecular complexity index is 804. The number of hydrogen-bond acceptors (Lipinski definition) is 4. The Hall–Kier alpha value is -1.28. The Morgan fingerprint density at radius 1 is 1.19 bits per heavy atom. The van der Waals surface area contributed by atoms with Gasteiger partial charge in [0.25, 0.3) is 0 Å². The maximum absolute atomic E-state index is 14.1. The highest BCUT2D eigenvalue weighted by molar-refractivity contribution is 9.11. The second kappa shape index (κ2) is 7.99. The van der Waals surface area contributed by atoms with E-state index in [0.29, 0.717) is 5.57 Å². The fourth-order valence-corrected chi connectivity index (χ4v) is 4.57. The first-order chi connectivity index (χ1) is 12.4. The monoisotopic (exact) mass is 508 g/mol. The molecule has 0 spiro atoms. The highest BCUT2D eigenvalue weighted by Gasteiger charge is 2.61. The molecule has 1 aliphatic rings. The van der Waals surface area contributed by atoms with Gasteiger partial charge >= 0.3 is 11.9 Å². The summed E-state index contributed by atoms with van der Waals surface area (Å²) >= 11 is 6.17. The van der Waals surface area contributed by atoms with E-state index in [9.17, 15) is 18.4 Å². The molecule has 0 aromatic heterocycles. The van der Waals surface area contributed by atoms with Crippen LogP contribution in [0.2, 0.25) is 0 Å². The van der Waals surface area contributed by atoms with Crippen LogP contribution in [0.4, 0.5) is 8.78 Å². The molecular weight excluding hydrogens is 490 g/mol. The second-order valence-electron chi connectivity index (χ2n) is 7.13. The van der Waals surface area contributed by atoms with Crippen molar-refractivity contribution in [2.45, 2.75) is 34.3 Å². The van der Waals surface area contributed by atoms with Crippen LogP contribution < -0.4 is 0 Å². The molecule has 0 unspecified atom stereocenters. The molecule has 8 heteroatoms. The normalized spacial score (nSPS) is 21.0. The first-order valence-electron chi connectivity index (χ1n) is 8.19. The fraction of sp³-hybridized carbons (Fsp3) is 0.474. The summed E-state index contributed by atoms with van der Waals surface area (Å²) in [4.78, 5) is 24.1. The predicted octanol–water partition coefficient (Wildman–Crippen LogP) is 5.23. The third-order valence-electron chi connectivity index (χ3n) is 5.03. The lowest BCUT2D eigenvalue weighted by Crippen LogP contribution is -2.12. The maximum Gasteiger partial charge on any atom is 0.333 e. The van der Waals surface area contributed by atoms with Gasteiger partial charge < -0.3 is 9.47 Å². The van der Waals surface area contributed by atoms with Gasteiger partial charge in [0.2, 0.25) is 0 Å². The number of halogens is 4. The zero-order chi connectivity index (χ0) is 20.7. The summed E-state index contributed by atoms with van der Waals surface area (Å²) in [5.74, 6) is -3.04. The number of ether oxygens (including phenoxy) is 2. The molecule has 0 amide bonds. The summed E-state index contributed by atoms with van der Waals surface area (Å²) in [6.07, 6.45) is 1.70. The van der Waals surface area contributed by atoms with Crippen LogP contribution in [0.25, 0.3) is 0 Å². The average Bonchev–Trinajstić information content (AvgIpc) is 3.17. The summed E-state index contributed by atoms with van der Waals surface area (Å²) in [7, 11) is 1.29. The molecule has 0 saturated heterocycles. The zero-order valence-electron chi connectivity index (χ0n) is 15.6. The van der Waals surface area contributed by atoms with E-state index in [0.717, 1.165) is 0 Å². The molecule has 0 heterocycles. The van der Waals surface area contributed by atoms with Crippen molar-refractivity contribution >= 4 is 43.8 Å². The van der Waals surface area contributed by atoms with Crippen molar-refractivity contribution < 1.29 is 27.8 Å². The second-order valence-corrected chi connectivity index (χ2v) is 8.72. The smallest absolute Gasteiger partial charge is 0.333 e. The largest absolute Gasteiger partial charge is 0.466 e. The van der Waals surface area contributed by atoms with Crippen LogP contribution >= 0.6 is 31.9 Å². The molecule has 0 N–H and O–H groups in total. The summed E-state index contributed by atoms with van der Waals surface area (Å²) < 4.78 is 38.2. The SMILES string of the molecule is COC(=O)/C(C)=C/[C@@H]1[C@@H](C(=O)OCc2c(Br)c(F)c(C)c(F)c2Br)C1(C)C. The minimum Gasteiger partial charge on any atom is -0.466 e. The molecule has 148 valence electrons. The summed E-state index contributed by atoms with van der Waals surface area (Å²) in [6, 6.07) is 0. The highest BCUT2D eigenvalue weighted by Crippen LogP contribution is 2.60. The quantitative estimate of drug-likeness (QED) is 0.309. The number of allylic oxidation sites excluding steroid dienone is 1. The lowest BCUT2D eigenvalue weighted by molar-refractivity contribution is -0.147. The van der Waals surface area contributed by atoms with Crippen LogP contribution in [-0.2, 0) is 25.7 Å². The van der Waals surface area contributed by atoms with Crippen molar-refractivity contribution in [3.63, 3.8) is 0 Å². The van der Waals surface area contributed by atoms with E-state index in [1.165, 1.54) is 14.0 Å². The third kappa shape index (κ3) is 4.11. The molecule has 1 aromatic carbocycles. The number of esters is 2. The predicted molar refractivity (Wildman–Crippen MR) is 103 cm³/mol. The molecule has 1 fully saturated rings. The number of hydrogen-bond donors (Lipinski definition) is 0. The van der Waals surface area contributed by atoms with Crippen molar-refractivity contribution in [3.05, 3.63) is 43.4 Å². The molecule has 1 aliphatic carbocycles. The number of benzene rings is 1. The summed E-state index contributed by atoms with van der Waals surface area (Å²) in [5.41, 5.74) is 0.0832. The van der Waals surface area contributed by atoms with E-state index in [2.05, 4.69) is 36.6 Å². The van der Waals surface area contributed by atoms with Crippen LogP contribution in [0.1, 0.15) is 31.9 Å². The molecule has 4 nitrogen and oxygen atoms in total. The molecule has 1 saturated carbocycles. The van der Waals surface area contributed by atoms with Gasteiger partial charge in [-0.2, -0.15) is 0 Å². The molecule has 0 radical (unpaired) electrons. The van der Waals surface area contributed by atoms with Gasteiger partial charge in [-0.25, -0.2) is 13.6 Å². The minimum absolute atomic E-state index is 0.0501. The van der Waals surface area contributed by atoms with Crippen LogP contribution in [0.15, 0.2) is 20.6 Å². The summed E-state index contributed by atoms with van der Waals surface area (Å²) in [5, 5.41) is 0. The van der Waals surface area contributed by atoms with E-state index >= 15 is 0 Å². The van der Waals surface area contributed by atoms with E-state index in [4.69, 9.17) is 4.74 Å². The van der Waals surface area contributed by atoms with Gasteiger partial charge in [0.1, 0.15) is 18.2 Å². The van der Waals surface area contributed by atoms with Gasteiger partial charge in [-0.05, 0) is 57.0 Å². The first-order valence-corrected chi connectivity index (χ1v) is 9.78. The van der Waals surface area contributed by atoms with Crippen molar-refractivity contribution in [2.75, 3.05) is 7.11 Å². The number of carbonyl (C=O) groups excluding carboxylic acids is 2. The van der Waals surface area contributed by atoms with Crippen LogP contribution in [0.5, 0.6) is 0 Å². The molecular formula is C19H20Br2F2O4. The highest BCUT2D eigenvalue weighted by atomic mass is 79.9. The molecule has 0 aliphatic heterocycles. The molecule has 27 heavy (non-hydrogen) atoms. The van der Waals surface area contributed by atoms with E-state index in [1.807, 2.05) is 13.8 Å². The molecule has 2 rings (SSSR count). The van der Waals surface area contributed by atoms with E-state index in [-0.39, 0.29) is 38.0 Å². The lowest BCUT2D eigenvalue weighted by Gasteiger charge is -2.13. The zero-order valence-corrected chi connectivity index (χ0v) is 18.8. The number of carbonyl (C=O) groups is 2. The van der Waals surface area contributed by atoms with Crippen molar-refractivity contribution in [2.24, 2.45) is 17.3 Å². The topological polar surface area (TPSA) is 52.6 Å². The van der Waals surface area contributed by atoms with Gasteiger partial charge in [0.15, 0.2) is 0 Å². The Labute approximate surface area is 173 Å². The van der Waals surface area contributed by atoms with Crippen LogP contribution in [0.3, 0.4) is 0 Å². The van der Waals surface area contributed by atoms with Gasteiger partial charge in [0, 0.05) is 16.7 Å². The first kappa shape index (κ1) is 22.0. The summed E-state index contributed by atoms with van der Waals surface area (Å²) in [6.45, 7) is 6.44. The minimum atomic E-state index is -0.733. The third-order valence-corrected chi connectivity index (χ3v) is 6.69. The average molecular weight is 510 g/mol. The Kier molecular flexibility index (Phi) is 6.52. The standard InChI is InChI=1S/C19H20Br2F2O4/c1-8(17(24)26-5)6-11-12(19(11,3)4)18(25)27-7-10-13(20)15(22)9(2)16(23)14(10)21/h6,11-12H,7H2,1-5H3/b8-6+/t11-,12+/m1/s1. The van der Waals surface area contributed by atoms with Crippen LogP contribution in [-0.4, -0.2) is 19.0 Å². The van der Waals surface area contributed by atoms with Crippen molar-refractivity contribution in [1.82, 2.24) is 0 Å². The number of methoxy groups -OCH3 is 1. The van der Waals surface area contributed by atoms with Crippen LogP contribution in [0, 0.1) is 35.8 Å². The molecule has 0 bridgehead atoms. The van der Waals surface area contributed by atoms with Gasteiger partial charge in [-0.15, -0.1) is 0 Å². The Balaban J connectivity index is 2.15. The van der Waals surface area contributed by atoms with Crippen molar-refractivity contribution in [1.29, 1.82) is 0 Å². The fourth-order valence-electron chi connectivity index (χ4n) is 3.08. The van der Waals surface area contributed by atoms with Gasteiger partial charge in [0.05, 0.1) is 22.0 Å². The Morgan fingerprint density at radius 3 is 2.19 bits per heavy atom. The van der Waals surface area contributed by atoms with Crippen molar-refractivity contribution in [3.8, 4) is 0 Å².